The van der Waals surface area contributed by atoms with E-state index >= 15 is 0 Å². The molecule has 1 aliphatic carbocycles. The summed E-state index contributed by atoms with van der Waals surface area (Å²) >= 11 is 1.74. The van der Waals surface area contributed by atoms with Crippen molar-refractivity contribution in [2.24, 2.45) is 11.8 Å². The maximum atomic E-state index is 10.8. The Morgan fingerprint density at radius 1 is 1.38 bits per heavy atom. The van der Waals surface area contributed by atoms with Crippen molar-refractivity contribution in [1.29, 1.82) is 0 Å². The Morgan fingerprint density at radius 2 is 2.12 bits per heavy atom. The van der Waals surface area contributed by atoms with Crippen molar-refractivity contribution in [2.75, 3.05) is 0 Å². The second kappa shape index (κ2) is 4.50. The molecule has 1 saturated carbocycles. The molecule has 1 heterocycles. The second-order valence-electron chi connectivity index (χ2n) is 5.53. The van der Waals surface area contributed by atoms with Crippen molar-refractivity contribution in [1.82, 2.24) is 0 Å². The number of thiophene rings is 1. The van der Waals surface area contributed by atoms with Gasteiger partial charge >= 0.3 is 0 Å². The van der Waals surface area contributed by atoms with Gasteiger partial charge in [0.25, 0.3) is 0 Å². The highest BCUT2D eigenvalue weighted by Gasteiger charge is 2.37. The van der Waals surface area contributed by atoms with Crippen LogP contribution in [0.3, 0.4) is 0 Å². The van der Waals surface area contributed by atoms with E-state index in [1.165, 1.54) is 30.6 Å². The van der Waals surface area contributed by atoms with E-state index in [4.69, 9.17) is 0 Å². The zero-order valence-corrected chi connectivity index (χ0v) is 11.3. The first-order valence-corrected chi connectivity index (χ1v) is 7.11. The van der Waals surface area contributed by atoms with Crippen molar-refractivity contribution >= 4 is 11.3 Å². The predicted octanol–water partition coefficient (Wildman–Crippen LogP) is 4.09. The van der Waals surface area contributed by atoms with E-state index in [-0.39, 0.29) is 0 Å². The van der Waals surface area contributed by atoms with Crippen LogP contribution in [0.15, 0.2) is 12.1 Å². The van der Waals surface area contributed by atoms with Crippen LogP contribution in [0.4, 0.5) is 0 Å². The molecule has 1 aromatic rings. The molecule has 1 nitrogen and oxygen atoms in total. The van der Waals surface area contributed by atoms with Gasteiger partial charge in [-0.15, -0.1) is 11.3 Å². The zero-order valence-electron chi connectivity index (χ0n) is 10.5. The zero-order chi connectivity index (χ0) is 11.8. The summed E-state index contributed by atoms with van der Waals surface area (Å²) in [4.78, 5) is 2.43. The minimum atomic E-state index is -0.617. The lowest BCUT2D eigenvalue weighted by Gasteiger charge is -2.37. The van der Waals surface area contributed by atoms with Gasteiger partial charge in [0, 0.05) is 9.75 Å². The Balaban J connectivity index is 2.17. The molecular weight excluding hydrogens is 216 g/mol. The van der Waals surface area contributed by atoms with Crippen LogP contribution in [0.1, 0.15) is 49.3 Å². The van der Waals surface area contributed by atoms with Gasteiger partial charge in [-0.2, -0.15) is 0 Å². The summed E-state index contributed by atoms with van der Waals surface area (Å²) in [6, 6.07) is 4.21. The molecule has 0 amide bonds. The third-order valence-electron chi connectivity index (χ3n) is 3.97. The minimum Gasteiger partial charge on any atom is -0.384 e. The molecule has 16 heavy (non-hydrogen) atoms. The highest BCUT2D eigenvalue weighted by atomic mass is 32.1. The molecule has 3 unspecified atom stereocenters. The van der Waals surface area contributed by atoms with E-state index in [1.54, 1.807) is 11.3 Å². The highest BCUT2D eigenvalue weighted by molar-refractivity contribution is 7.12. The molecule has 0 saturated heterocycles. The number of hydrogen-bond donors (Lipinski definition) is 1. The Hall–Kier alpha value is -0.340. The van der Waals surface area contributed by atoms with Crippen LogP contribution >= 0.6 is 11.3 Å². The van der Waals surface area contributed by atoms with Crippen LogP contribution in [0.5, 0.6) is 0 Å². The van der Waals surface area contributed by atoms with E-state index in [1.807, 2.05) is 6.92 Å². The van der Waals surface area contributed by atoms with Crippen LogP contribution in [-0.4, -0.2) is 5.11 Å². The third kappa shape index (κ3) is 2.33. The van der Waals surface area contributed by atoms with Crippen molar-refractivity contribution in [3.05, 3.63) is 21.9 Å². The van der Waals surface area contributed by atoms with Gasteiger partial charge in [-0.1, -0.05) is 19.8 Å². The van der Waals surface area contributed by atoms with E-state index < -0.39 is 5.60 Å². The van der Waals surface area contributed by atoms with Gasteiger partial charge in [0.15, 0.2) is 0 Å². The van der Waals surface area contributed by atoms with Gasteiger partial charge in [-0.3, -0.25) is 0 Å². The van der Waals surface area contributed by atoms with Crippen molar-refractivity contribution in [3.8, 4) is 0 Å². The average molecular weight is 238 g/mol. The fourth-order valence-electron chi connectivity index (χ4n) is 2.85. The first-order valence-electron chi connectivity index (χ1n) is 6.29. The fourth-order valence-corrected chi connectivity index (χ4v) is 3.84. The first kappa shape index (κ1) is 12.1. The molecule has 0 aliphatic heterocycles. The van der Waals surface area contributed by atoms with Gasteiger partial charge in [-0.05, 0) is 50.7 Å². The maximum absolute atomic E-state index is 10.8. The molecule has 1 fully saturated rings. The standard InChI is InChI=1S/C14H22OS/c1-10-5-4-6-12(9-10)14(3,15)13-8-7-11(2)16-13/h7-8,10,12,15H,4-6,9H2,1-3H3. The molecule has 0 spiro atoms. The summed E-state index contributed by atoms with van der Waals surface area (Å²) in [5.41, 5.74) is -0.617. The number of aryl methyl sites for hydroxylation is 1. The lowest BCUT2D eigenvalue weighted by Crippen LogP contribution is -2.34. The van der Waals surface area contributed by atoms with Gasteiger partial charge in [0.05, 0.1) is 5.60 Å². The van der Waals surface area contributed by atoms with Crippen molar-refractivity contribution in [2.45, 2.75) is 52.1 Å². The van der Waals surface area contributed by atoms with Crippen LogP contribution in [0.25, 0.3) is 0 Å². The molecule has 1 aliphatic rings. The van der Waals surface area contributed by atoms with Gasteiger partial charge in [0.2, 0.25) is 0 Å². The molecular formula is C14H22OS. The van der Waals surface area contributed by atoms with E-state index in [0.717, 1.165) is 10.8 Å². The maximum Gasteiger partial charge on any atom is 0.0987 e. The van der Waals surface area contributed by atoms with Gasteiger partial charge < -0.3 is 5.11 Å². The minimum absolute atomic E-state index is 0.439. The van der Waals surface area contributed by atoms with Crippen molar-refractivity contribution in [3.63, 3.8) is 0 Å². The third-order valence-corrected chi connectivity index (χ3v) is 5.20. The van der Waals surface area contributed by atoms with Crippen molar-refractivity contribution < 1.29 is 5.11 Å². The normalized spacial score (nSPS) is 30.0. The lowest BCUT2D eigenvalue weighted by molar-refractivity contribution is -0.0263. The summed E-state index contributed by atoms with van der Waals surface area (Å²) < 4.78 is 0. The topological polar surface area (TPSA) is 20.2 Å². The van der Waals surface area contributed by atoms with Crippen LogP contribution in [0, 0.1) is 18.8 Å². The van der Waals surface area contributed by atoms with Crippen LogP contribution in [-0.2, 0) is 5.60 Å². The average Bonchev–Trinajstić information content (AvgIpc) is 2.65. The number of rotatable bonds is 2. The Bertz CT molecular complexity index is 353. The summed E-state index contributed by atoms with van der Waals surface area (Å²) in [7, 11) is 0. The second-order valence-corrected chi connectivity index (χ2v) is 6.81. The summed E-state index contributed by atoms with van der Waals surface area (Å²) in [6.45, 7) is 6.41. The fraction of sp³-hybridized carbons (Fsp3) is 0.714. The summed E-state index contributed by atoms with van der Waals surface area (Å²) in [5.74, 6) is 1.21. The van der Waals surface area contributed by atoms with Crippen LogP contribution in [0.2, 0.25) is 0 Å². The SMILES string of the molecule is Cc1ccc(C(C)(O)C2CCCC(C)C2)s1. The highest BCUT2D eigenvalue weighted by Crippen LogP contribution is 2.42. The largest absolute Gasteiger partial charge is 0.384 e. The monoisotopic (exact) mass is 238 g/mol. The molecule has 0 radical (unpaired) electrons. The van der Waals surface area contributed by atoms with E-state index in [0.29, 0.717) is 5.92 Å². The molecule has 0 bridgehead atoms. The van der Waals surface area contributed by atoms with E-state index in [9.17, 15) is 5.11 Å². The van der Waals surface area contributed by atoms with E-state index in [2.05, 4.69) is 26.0 Å². The van der Waals surface area contributed by atoms with Crippen LogP contribution < -0.4 is 0 Å². The number of aliphatic hydroxyl groups is 1. The molecule has 1 aromatic heterocycles. The smallest absolute Gasteiger partial charge is 0.0987 e. The molecule has 0 aromatic carbocycles. The summed E-state index contributed by atoms with van der Waals surface area (Å²) in [6.07, 6.45) is 4.95. The number of hydrogen-bond acceptors (Lipinski definition) is 2. The molecule has 2 rings (SSSR count). The van der Waals surface area contributed by atoms with Gasteiger partial charge in [0.1, 0.15) is 0 Å². The first-order chi connectivity index (χ1) is 7.50. The predicted molar refractivity (Wildman–Crippen MR) is 69.7 cm³/mol. The molecule has 1 N–H and O–H groups in total. The Labute approximate surface area is 103 Å². The molecule has 2 heteroatoms. The molecule has 3 atom stereocenters. The Morgan fingerprint density at radius 3 is 2.69 bits per heavy atom. The molecule has 90 valence electrons. The van der Waals surface area contributed by atoms with Gasteiger partial charge in [-0.25, -0.2) is 0 Å². The quantitative estimate of drug-likeness (QED) is 0.822. The lowest BCUT2D eigenvalue weighted by atomic mass is 9.73. The summed E-state index contributed by atoms with van der Waals surface area (Å²) in [5, 5.41) is 10.8. The Kier molecular flexibility index (Phi) is 3.41.